The summed E-state index contributed by atoms with van der Waals surface area (Å²) in [6.45, 7) is 15.7. The second-order valence-electron chi connectivity index (χ2n) is 7.08. The minimum Gasteiger partial charge on any atom is -0.297 e. The summed E-state index contributed by atoms with van der Waals surface area (Å²) in [5.41, 5.74) is 2.89. The molecule has 4 heteroatoms. The summed E-state index contributed by atoms with van der Waals surface area (Å²) in [6.07, 6.45) is 2.64. The lowest BCUT2D eigenvalue weighted by atomic mass is 9.75. The van der Waals surface area contributed by atoms with Gasteiger partial charge in [-0.05, 0) is 67.0 Å². The van der Waals surface area contributed by atoms with Crippen LogP contribution in [0.15, 0.2) is 4.47 Å². The zero-order valence-corrected chi connectivity index (χ0v) is 15.1. The lowest BCUT2D eigenvalue weighted by Gasteiger charge is -2.38. The van der Waals surface area contributed by atoms with E-state index >= 15 is 0 Å². The van der Waals surface area contributed by atoms with Gasteiger partial charge in [-0.25, -0.2) is 0 Å². The van der Waals surface area contributed by atoms with Gasteiger partial charge in [0.15, 0.2) is 0 Å². The topological polar surface area (TPSA) is 21.1 Å². The van der Waals surface area contributed by atoms with Crippen LogP contribution in [0.2, 0.25) is 0 Å². The highest BCUT2D eigenvalue weighted by Gasteiger charge is 2.29. The molecule has 1 aliphatic rings. The van der Waals surface area contributed by atoms with E-state index in [0.717, 1.165) is 24.7 Å². The highest BCUT2D eigenvalue weighted by Crippen LogP contribution is 2.35. The third-order valence-electron chi connectivity index (χ3n) is 4.64. The van der Waals surface area contributed by atoms with Crippen LogP contribution >= 0.6 is 15.9 Å². The summed E-state index contributed by atoms with van der Waals surface area (Å²) in [4.78, 5) is 2.58. The average molecular weight is 342 g/mol. The molecule has 1 aromatic heterocycles. The van der Waals surface area contributed by atoms with E-state index in [1.165, 1.54) is 36.1 Å². The van der Waals surface area contributed by atoms with Gasteiger partial charge < -0.3 is 0 Å². The minimum atomic E-state index is 0.453. The fourth-order valence-corrected chi connectivity index (χ4v) is 3.60. The van der Waals surface area contributed by atoms with E-state index in [9.17, 15) is 0 Å². The van der Waals surface area contributed by atoms with Crippen molar-refractivity contribution in [1.29, 1.82) is 0 Å². The summed E-state index contributed by atoms with van der Waals surface area (Å²) < 4.78 is 3.33. The van der Waals surface area contributed by atoms with Gasteiger partial charge in [0.2, 0.25) is 0 Å². The number of hydrogen-bond acceptors (Lipinski definition) is 2. The number of piperidine rings is 1. The molecule has 114 valence electrons. The average Bonchev–Trinajstić information content (AvgIpc) is 2.66. The van der Waals surface area contributed by atoms with E-state index < -0.39 is 0 Å². The normalized spacial score (nSPS) is 18.7. The number of likely N-dealkylation sites (tertiary alicyclic amines) is 1. The van der Waals surface area contributed by atoms with E-state index in [0.29, 0.717) is 5.41 Å². The molecule has 1 aromatic rings. The highest BCUT2D eigenvalue weighted by atomic mass is 79.9. The van der Waals surface area contributed by atoms with Gasteiger partial charge in [-0.1, -0.05) is 20.8 Å². The van der Waals surface area contributed by atoms with Crippen molar-refractivity contribution in [1.82, 2.24) is 14.7 Å². The Labute approximate surface area is 131 Å². The van der Waals surface area contributed by atoms with Crippen LogP contribution in [-0.4, -0.2) is 27.8 Å². The fourth-order valence-electron chi connectivity index (χ4n) is 3.19. The molecule has 0 aliphatic carbocycles. The van der Waals surface area contributed by atoms with Gasteiger partial charge >= 0.3 is 0 Å². The van der Waals surface area contributed by atoms with Gasteiger partial charge in [0.05, 0.1) is 15.9 Å². The lowest BCUT2D eigenvalue weighted by molar-refractivity contribution is 0.106. The van der Waals surface area contributed by atoms with Crippen molar-refractivity contribution in [3.05, 3.63) is 15.9 Å². The number of aryl methyl sites for hydroxylation is 2. The Balaban J connectivity index is 2.00. The Morgan fingerprint density at radius 2 is 1.85 bits per heavy atom. The van der Waals surface area contributed by atoms with Crippen molar-refractivity contribution in [2.45, 2.75) is 60.5 Å². The molecule has 0 N–H and O–H groups in total. The Bertz CT molecular complexity index is 451. The molecule has 0 radical (unpaired) electrons. The van der Waals surface area contributed by atoms with Crippen LogP contribution in [-0.2, 0) is 13.1 Å². The molecule has 0 atom stereocenters. The zero-order valence-electron chi connectivity index (χ0n) is 13.5. The van der Waals surface area contributed by atoms with Crippen molar-refractivity contribution in [3.8, 4) is 0 Å². The minimum absolute atomic E-state index is 0.453. The maximum absolute atomic E-state index is 4.59. The van der Waals surface area contributed by atoms with Crippen LogP contribution in [0.4, 0.5) is 0 Å². The maximum atomic E-state index is 4.59. The molecule has 20 heavy (non-hydrogen) atoms. The van der Waals surface area contributed by atoms with E-state index in [1.54, 1.807) is 0 Å². The van der Waals surface area contributed by atoms with E-state index in [4.69, 9.17) is 0 Å². The van der Waals surface area contributed by atoms with Crippen molar-refractivity contribution in [2.75, 3.05) is 13.1 Å². The fraction of sp³-hybridized carbons (Fsp3) is 0.812. The van der Waals surface area contributed by atoms with Crippen molar-refractivity contribution < 1.29 is 0 Å². The summed E-state index contributed by atoms with van der Waals surface area (Å²) >= 11 is 3.70. The lowest BCUT2D eigenvalue weighted by Crippen LogP contribution is -2.38. The number of aromatic nitrogens is 2. The van der Waals surface area contributed by atoms with Gasteiger partial charge in [0.1, 0.15) is 0 Å². The van der Waals surface area contributed by atoms with Gasteiger partial charge in [-0.3, -0.25) is 9.58 Å². The Kier molecular flexibility index (Phi) is 4.96. The molecule has 3 nitrogen and oxygen atoms in total. The number of nitrogens with zero attached hydrogens (tertiary/aromatic N) is 3. The standard InChI is InChI=1S/C16H28BrN3/c1-6-20-14(15(17)12(2)18-20)11-19-9-7-13(8-10-19)16(3,4)5/h13H,6-11H2,1-5H3. The predicted molar refractivity (Wildman–Crippen MR) is 87.8 cm³/mol. The molecule has 0 aromatic carbocycles. The zero-order chi connectivity index (χ0) is 14.9. The molecule has 2 rings (SSSR count). The highest BCUT2D eigenvalue weighted by molar-refractivity contribution is 9.10. The molecule has 1 aliphatic heterocycles. The largest absolute Gasteiger partial charge is 0.297 e. The van der Waals surface area contributed by atoms with Crippen LogP contribution in [0.25, 0.3) is 0 Å². The quantitative estimate of drug-likeness (QED) is 0.820. The predicted octanol–water partition coefficient (Wildman–Crippen LogP) is 4.23. The van der Waals surface area contributed by atoms with Crippen LogP contribution in [0, 0.1) is 18.3 Å². The van der Waals surface area contributed by atoms with E-state index in [-0.39, 0.29) is 0 Å². The first-order valence-electron chi connectivity index (χ1n) is 7.77. The van der Waals surface area contributed by atoms with Crippen LogP contribution < -0.4 is 0 Å². The van der Waals surface area contributed by atoms with E-state index in [1.807, 2.05) is 0 Å². The SMILES string of the molecule is CCn1nc(C)c(Br)c1CN1CCC(C(C)(C)C)CC1. The molecule has 0 bridgehead atoms. The van der Waals surface area contributed by atoms with Crippen LogP contribution in [0.5, 0.6) is 0 Å². The molecule has 0 spiro atoms. The summed E-state index contributed by atoms with van der Waals surface area (Å²) in [5.74, 6) is 0.861. The van der Waals surface area contributed by atoms with Gasteiger partial charge in [-0.2, -0.15) is 5.10 Å². The second kappa shape index (κ2) is 6.18. The maximum Gasteiger partial charge on any atom is 0.0739 e. The number of halogens is 1. The first-order chi connectivity index (χ1) is 9.32. The molecule has 0 unspecified atom stereocenters. The molecular formula is C16H28BrN3. The molecule has 1 fully saturated rings. The van der Waals surface area contributed by atoms with Crippen molar-refractivity contribution in [2.24, 2.45) is 11.3 Å². The molecule has 0 saturated carbocycles. The molecular weight excluding hydrogens is 314 g/mol. The number of hydrogen-bond donors (Lipinski definition) is 0. The second-order valence-corrected chi connectivity index (χ2v) is 7.87. The van der Waals surface area contributed by atoms with Gasteiger partial charge in [0.25, 0.3) is 0 Å². The Morgan fingerprint density at radius 1 is 1.25 bits per heavy atom. The monoisotopic (exact) mass is 341 g/mol. The third kappa shape index (κ3) is 3.45. The van der Waals surface area contributed by atoms with Crippen LogP contribution in [0.1, 0.15) is 51.9 Å². The Hall–Kier alpha value is -0.350. The first-order valence-corrected chi connectivity index (χ1v) is 8.56. The smallest absolute Gasteiger partial charge is 0.0739 e. The number of rotatable bonds is 3. The first kappa shape index (κ1) is 16.0. The summed E-state index contributed by atoms with van der Waals surface area (Å²) in [7, 11) is 0. The third-order valence-corrected chi connectivity index (χ3v) is 5.67. The molecule has 0 amide bonds. The van der Waals surface area contributed by atoms with Gasteiger partial charge in [-0.15, -0.1) is 0 Å². The summed E-state index contributed by atoms with van der Waals surface area (Å²) in [6, 6.07) is 0. The summed E-state index contributed by atoms with van der Waals surface area (Å²) in [5, 5.41) is 4.59. The Morgan fingerprint density at radius 3 is 2.35 bits per heavy atom. The van der Waals surface area contributed by atoms with Crippen molar-refractivity contribution in [3.63, 3.8) is 0 Å². The van der Waals surface area contributed by atoms with Crippen molar-refractivity contribution >= 4 is 15.9 Å². The molecule has 1 saturated heterocycles. The van der Waals surface area contributed by atoms with Gasteiger partial charge in [0, 0.05) is 13.1 Å². The van der Waals surface area contributed by atoms with E-state index in [2.05, 4.69) is 65.2 Å². The van der Waals surface area contributed by atoms with Crippen LogP contribution in [0.3, 0.4) is 0 Å². The molecule has 2 heterocycles.